The third kappa shape index (κ3) is 4.56. The summed E-state index contributed by atoms with van der Waals surface area (Å²) in [7, 11) is 3.98. The van der Waals surface area contributed by atoms with E-state index in [9.17, 15) is 9.59 Å². The average Bonchev–Trinajstić information content (AvgIpc) is 3.17. The second-order valence-corrected chi connectivity index (χ2v) is 11.0. The van der Waals surface area contributed by atoms with Crippen LogP contribution in [0.15, 0.2) is 150 Å². The van der Waals surface area contributed by atoms with Crippen LogP contribution in [0.3, 0.4) is 0 Å². The number of hydrogen-bond acceptors (Lipinski definition) is 3. The van der Waals surface area contributed by atoms with Crippen LogP contribution >= 0.6 is 0 Å². The fraction of sp³-hybridized carbons (Fsp3) is 0.0513. The number of carbonyl (C=O) groups is 1. The first-order chi connectivity index (χ1) is 21.5. The van der Waals surface area contributed by atoms with Gasteiger partial charge in [0.05, 0.1) is 11.3 Å². The molecule has 0 saturated heterocycles. The Balaban J connectivity index is 1.62. The van der Waals surface area contributed by atoms with Crippen LogP contribution in [0, 0.1) is 0 Å². The average molecular weight is 573 g/mol. The minimum atomic E-state index is -0.193. The van der Waals surface area contributed by atoms with E-state index in [1.54, 1.807) is 9.14 Å². The van der Waals surface area contributed by atoms with Crippen LogP contribution in [0.1, 0.15) is 11.1 Å². The first-order valence-electron chi connectivity index (χ1n) is 14.6. The Hall–Kier alpha value is -5.81. The highest BCUT2D eigenvalue weighted by Crippen LogP contribution is 2.37. The van der Waals surface area contributed by atoms with E-state index in [1.165, 1.54) is 0 Å². The zero-order valence-corrected chi connectivity index (χ0v) is 24.5. The van der Waals surface area contributed by atoms with E-state index in [1.807, 2.05) is 165 Å². The summed E-state index contributed by atoms with van der Waals surface area (Å²) in [4.78, 5) is 31.5. The van der Waals surface area contributed by atoms with Crippen LogP contribution in [0.25, 0.3) is 28.6 Å². The summed E-state index contributed by atoms with van der Waals surface area (Å²) in [5.41, 5.74) is 6.26. The molecule has 0 unspecified atom stereocenters. The van der Waals surface area contributed by atoms with Gasteiger partial charge < -0.3 is 4.90 Å². The molecule has 4 aromatic rings. The van der Waals surface area contributed by atoms with Gasteiger partial charge in [-0.1, -0.05) is 84.9 Å². The normalized spacial score (nSPS) is 13.8. The summed E-state index contributed by atoms with van der Waals surface area (Å²) in [5.74, 6) is -0.193. The molecule has 44 heavy (non-hydrogen) atoms. The maximum Gasteiger partial charge on any atom is 0.426 e. The predicted octanol–water partition coefficient (Wildman–Crippen LogP) is 5.65. The van der Waals surface area contributed by atoms with Crippen molar-refractivity contribution in [1.82, 2.24) is 9.14 Å². The highest BCUT2D eigenvalue weighted by Gasteiger charge is 2.35. The standard InChI is InChI=1S/C39H30N3O2/c1-40(2)29-24-22-27(23-25-29)36(33-26-28-14-12-13-20-34(28)41(38(33)43)30-15-6-3-7-16-30)37-32-19-10-5-11-21-35(32)42(39(37)44)31-17-8-4-9-18-31/h3-26H,1-2H3/q+1. The van der Waals surface area contributed by atoms with E-state index in [0.717, 1.165) is 44.5 Å². The van der Waals surface area contributed by atoms with Crippen molar-refractivity contribution in [2.75, 3.05) is 19.0 Å². The van der Waals surface area contributed by atoms with E-state index in [-0.39, 0.29) is 11.5 Å². The van der Waals surface area contributed by atoms with Gasteiger partial charge in [-0.3, -0.25) is 9.36 Å². The Morgan fingerprint density at radius 2 is 1.27 bits per heavy atom. The number of anilines is 1. The number of para-hydroxylation sites is 3. The summed E-state index contributed by atoms with van der Waals surface area (Å²) in [6, 6.07) is 45.0. The Morgan fingerprint density at radius 3 is 1.98 bits per heavy atom. The Bertz CT molecular complexity index is 2210. The Labute approximate surface area is 255 Å². The molecule has 0 aromatic heterocycles. The van der Waals surface area contributed by atoms with Gasteiger partial charge in [-0.2, -0.15) is 0 Å². The molecule has 3 aliphatic rings. The van der Waals surface area contributed by atoms with Crippen LogP contribution in [0.5, 0.6) is 0 Å². The minimum absolute atomic E-state index is 0.178. The van der Waals surface area contributed by atoms with Crippen molar-refractivity contribution in [3.05, 3.63) is 177 Å². The minimum Gasteiger partial charge on any atom is -0.378 e. The molecular formula is C39H30N3O2+. The molecule has 2 aliphatic heterocycles. The Morgan fingerprint density at radius 1 is 0.659 bits per heavy atom. The van der Waals surface area contributed by atoms with Crippen molar-refractivity contribution in [3.63, 3.8) is 0 Å². The summed E-state index contributed by atoms with van der Waals surface area (Å²) in [6.07, 6.45) is 1.93. The number of benzene rings is 4. The molecule has 0 atom stereocenters. The number of aromatic nitrogens is 1. The quantitative estimate of drug-likeness (QED) is 0.198. The van der Waals surface area contributed by atoms with E-state index < -0.39 is 0 Å². The molecule has 212 valence electrons. The fourth-order valence-corrected chi connectivity index (χ4v) is 5.99. The molecule has 0 bridgehead atoms. The third-order valence-electron chi connectivity index (χ3n) is 8.07. The van der Waals surface area contributed by atoms with Crippen molar-refractivity contribution in [2.45, 2.75) is 0 Å². The van der Waals surface area contributed by atoms with Crippen LogP contribution in [-0.2, 0) is 4.79 Å². The number of amides is 1. The van der Waals surface area contributed by atoms with E-state index in [2.05, 4.69) is 0 Å². The fourth-order valence-electron chi connectivity index (χ4n) is 5.99. The van der Waals surface area contributed by atoms with Gasteiger partial charge in [0.1, 0.15) is 5.57 Å². The first-order valence-corrected chi connectivity index (χ1v) is 14.6. The van der Waals surface area contributed by atoms with Crippen LogP contribution in [-0.4, -0.2) is 24.6 Å². The van der Waals surface area contributed by atoms with Crippen LogP contribution in [0.4, 0.5) is 11.4 Å². The maximum absolute atomic E-state index is 14.8. The van der Waals surface area contributed by atoms with Crippen molar-refractivity contribution in [1.29, 1.82) is 0 Å². The summed E-state index contributed by atoms with van der Waals surface area (Å²) < 4.78 is 3.50. The van der Waals surface area contributed by atoms with Crippen LogP contribution in [0.2, 0.25) is 0 Å². The second-order valence-electron chi connectivity index (χ2n) is 11.0. The highest BCUT2D eigenvalue weighted by atomic mass is 16.2. The van der Waals surface area contributed by atoms with Crippen molar-refractivity contribution in [2.24, 2.45) is 0 Å². The highest BCUT2D eigenvalue weighted by molar-refractivity contribution is 6.15. The Kier molecular flexibility index (Phi) is 6.83. The largest absolute Gasteiger partial charge is 0.426 e. The molecule has 5 heteroatoms. The number of fused-ring (bicyclic) bond motifs is 2. The molecule has 7 rings (SSSR count). The first kappa shape index (κ1) is 27.0. The monoisotopic (exact) mass is 572 g/mol. The van der Waals surface area contributed by atoms with Crippen molar-refractivity contribution >= 4 is 28.9 Å². The van der Waals surface area contributed by atoms with E-state index in [0.29, 0.717) is 16.7 Å². The van der Waals surface area contributed by atoms with Gasteiger partial charge in [0.25, 0.3) is 5.56 Å². The van der Waals surface area contributed by atoms with Crippen molar-refractivity contribution in [3.8, 4) is 16.9 Å². The van der Waals surface area contributed by atoms with Gasteiger partial charge in [0.15, 0.2) is 0 Å². The van der Waals surface area contributed by atoms with E-state index >= 15 is 0 Å². The van der Waals surface area contributed by atoms with Gasteiger partial charge in [-0.15, -0.1) is 4.58 Å². The molecule has 0 saturated carbocycles. The lowest BCUT2D eigenvalue weighted by Gasteiger charge is -2.16. The van der Waals surface area contributed by atoms with E-state index in [4.69, 9.17) is 0 Å². The SMILES string of the molecule is CN(C)c1ccc(C(=C2C=c3ccccc3=[N+](c3ccccc3)C2=O)c2c3cccccc-3n(-c3ccccc3)c2=O)cc1. The van der Waals surface area contributed by atoms with Crippen molar-refractivity contribution < 1.29 is 4.79 Å². The molecule has 0 radical (unpaired) electrons. The number of carbonyl (C=O) groups excluding carboxylic acids is 1. The molecule has 1 amide bonds. The zero-order chi connectivity index (χ0) is 30.2. The second kappa shape index (κ2) is 11.1. The van der Waals surface area contributed by atoms with Crippen LogP contribution < -0.4 is 25.6 Å². The predicted molar refractivity (Wildman–Crippen MR) is 178 cm³/mol. The van der Waals surface area contributed by atoms with Gasteiger partial charge >= 0.3 is 5.91 Å². The lowest BCUT2D eigenvalue weighted by atomic mass is 9.89. The molecule has 0 N–H and O–H groups in total. The number of hydrogen-bond donors (Lipinski definition) is 0. The van der Waals surface area contributed by atoms with Gasteiger partial charge in [0, 0.05) is 60.0 Å². The van der Waals surface area contributed by atoms with Gasteiger partial charge in [-0.05, 0) is 48.0 Å². The lowest BCUT2D eigenvalue weighted by Crippen LogP contribution is -2.45. The summed E-state index contributed by atoms with van der Waals surface area (Å²) in [5, 5.41) is 1.70. The lowest BCUT2D eigenvalue weighted by molar-refractivity contribution is -0.117. The summed E-state index contributed by atoms with van der Waals surface area (Å²) >= 11 is 0. The molecule has 0 fully saturated rings. The van der Waals surface area contributed by atoms with Gasteiger partial charge in [-0.25, -0.2) is 4.79 Å². The smallest absolute Gasteiger partial charge is 0.378 e. The zero-order valence-electron chi connectivity index (χ0n) is 24.5. The maximum atomic E-state index is 14.8. The molecule has 2 heterocycles. The third-order valence-corrected chi connectivity index (χ3v) is 8.07. The molecular weight excluding hydrogens is 542 g/mol. The molecule has 1 aliphatic carbocycles. The summed E-state index contributed by atoms with van der Waals surface area (Å²) in [6.45, 7) is 0. The molecule has 4 aromatic carbocycles. The van der Waals surface area contributed by atoms with Gasteiger partial charge in [0.2, 0.25) is 11.0 Å². The topological polar surface area (TPSA) is 45.3 Å². The number of rotatable bonds is 5. The number of nitrogens with zero attached hydrogens (tertiary/aromatic N) is 3. The molecule has 0 spiro atoms. The molecule has 5 nitrogen and oxygen atoms in total.